The fourth-order valence-corrected chi connectivity index (χ4v) is 1.39. The fraction of sp³-hybridized carbons (Fsp3) is 0.400. The third kappa shape index (κ3) is 2.18. The predicted molar refractivity (Wildman–Crippen MR) is 56.3 cm³/mol. The van der Waals surface area contributed by atoms with Crippen LogP contribution in [0.5, 0.6) is 5.75 Å². The van der Waals surface area contributed by atoms with Crippen LogP contribution in [0.25, 0.3) is 0 Å². The summed E-state index contributed by atoms with van der Waals surface area (Å²) in [5, 5.41) is 0.630. The largest absolute Gasteiger partial charge is 0.496 e. The van der Waals surface area contributed by atoms with E-state index in [2.05, 4.69) is 0 Å². The molecule has 0 amide bonds. The standard InChI is InChI=1S/C10H14ClNO2/c1-10(2,14-12)8-6-7(11)4-5-9(8)13-3/h4-6H,12H2,1-3H3. The Kier molecular flexibility index (Phi) is 3.37. The number of rotatable bonds is 3. The molecule has 0 aliphatic rings. The molecular weight excluding hydrogens is 202 g/mol. The van der Waals surface area contributed by atoms with Gasteiger partial charge < -0.3 is 4.74 Å². The van der Waals surface area contributed by atoms with E-state index >= 15 is 0 Å². The van der Waals surface area contributed by atoms with Crippen LogP contribution in [-0.2, 0) is 10.4 Å². The maximum atomic E-state index is 5.88. The summed E-state index contributed by atoms with van der Waals surface area (Å²) in [7, 11) is 1.60. The minimum atomic E-state index is -0.615. The van der Waals surface area contributed by atoms with Crippen molar-refractivity contribution in [2.45, 2.75) is 19.4 Å². The first-order valence-electron chi connectivity index (χ1n) is 4.23. The second kappa shape index (κ2) is 4.17. The van der Waals surface area contributed by atoms with E-state index in [0.29, 0.717) is 10.8 Å². The van der Waals surface area contributed by atoms with Crippen LogP contribution in [0.4, 0.5) is 0 Å². The summed E-state index contributed by atoms with van der Waals surface area (Å²) in [5.74, 6) is 5.93. The van der Waals surface area contributed by atoms with Crippen LogP contribution in [0, 0.1) is 0 Å². The molecule has 0 spiro atoms. The van der Waals surface area contributed by atoms with E-state index in [0.717, 1.165) is 5.56 Å². The van der Waals surface area contributed by atoms with Crippen molar-refractivity contribution in [1.29, 1.82) is 0 Å². The highest BCUT2D eigenvalue weighted by Gasteiger charge is 2.24. The number of methoxy groups -OCH3 is 1. The third-order valence-electron chi connectivity index (χ3n) is 2.10. The number of ether oxygens (including phenoxy) is 1. The monoisotopic (exact) mass is 215 g/mol. The molecule has 0 heterocycles. The SMILES string of the molecule is COc1ccc(Cl)cc1C(C)(C)ON. The molecule has 0 fully saturated rings. The molecule has 4 heteroatoms. The van der Waals surface area contributed by atoms with Gasteiger partial charge in [0.05, 0.1) is 7.11 Å². The Morgan fingerprint density at radius 3 is 2.50 bits per heavy atom. The van der Waals surface area contributed by atoms with Gasteiger partial charge >= 0.3 is 0 Å². The lowest BCUT2D eigenvalue weighted by Crippen LogP contribution is -2.25. The summed E-state index contributed by atoms with van der Waals surface area (Å²) in [6.45, 7) is 3.70. The molecule has 0 aliphatic carbocycles. The maximum Gasteiger partial charge on any atom is 0.125 e. The fourth-order valence-electron chi connectivity index (χ4n) is 1.21. The van der Waals surface area contributed by atoms with Crippen LogP contribution in [0.3, 0.4) is 0 Å². The van der Waals surface area contributed by atoms with Gasteiger partial charge in [-0.1, -0.05) is 11.6 Å². The molecular formula is C10H14ClNO2. The van der Waals surface area contributed by atoms with Gasteiger partial charge in [0, 0.05) is 10.6 Å². The van der Waals surface area contributed by atoms with Crippen LogP contribution < -0.4 is 10.6 Å². The van der Waals surface area contributed by atoms with Gasteiger partial charge in [0.15, 0.2) is 0 Å². The van der Waals surface area contributed by atoms with Gasteiger partial charge in [0.2, 0.25) is 0 Å². The average Bonchev–Trinajstić information content (AvgIpc) is 2.18. The van der Waals surface area contributed by atoms with E-state index in [-0.39, 0.29) is 0 Å². The van der Waals surface area contributed by atoms with E-state index in [1.807, 2.05) is 13.8 Å². The molecule has 0 atom stereocenters. The molecule has 78 valence electrons. The van der Waals surface area contributed by atoms with Crippen molar-refractivity contribution >= 4 is 11.6 Å². The Balaban J connectivity index is 3.23. The van der Waals surface area contributed by atoms with Gasteiger partial charge in [0.25, 0.3) is 0 Å². The van der Waals surface area contributed by atoms with Crippen molar-refractivity contribution in [3.63, 3.8) is 0 Å². The summed E-state index contributed by atoms with van der Waals surface area (Å²) >= 11 is 5.88. The van der Waals surface area contributed by atoms with Crippen LogP contribution in [0.15, 0.2) is 18.2 Å². The number of hydrogen-bond donors (Lipinski definition) is 1. The average molecular weight is 216 g/mol. The van der Waals surface area contributed by atoms with Crippen molar-refractivity contribution in [1.82, 2.24) is 0 Å². The zero-order chi connectivity index (χ0) is 10.8. The molecule has 2 N–H and O–H groups in total. The molecule has 1 aromatic rings. The minimum Gasteiger partial charge on any atom is -0.496 e. The lowest BCUT2D eigenvalue weighted by molar-refractivity contribution is -0.0250. The molecule has 1 aromatic carbocycles. The Morgan fingerprint density at radius 2 is 2.00 bits per heavy atom. The molecule has 0 unspecified atom stereocenters. The normalized spacial score (nSPS) is 11.5. The van der Waals surface area contributed by atoms with Gasteiger partial charge in [-0.3, -0.25) is 4.84 Å². The van der Waals surface area contributed by atoms with Gasteiger partial charge in [-0.05, 0) is 32.0 Å². The number of benzene rings is 1. The zero-order valence-corrected chi connectivity index (χ0v) is 9.26. The van der Waals surface area contributed by atoms with E-state index in [9.17, 15) is 0 Å². The van der Waals surface area contributed by atoms with Gasteiger partial charge in [-0.2, -0.15) is 0 Å². The second-order valence-corrected chi connectivity index (χ2v) is 3.91. The molecule has 0 aromatic heterocycles. The summed E-state index contributed by atoms with van der Waals surface area (Å²) in [6.07, 6.45) is 0. The molecule has 0 saturated heterocycles. The molecule has 14 heavy (non-hydrogen) atoms. The highest BCUT2D eigenvalue weighted by atomic mass is 35.5. The number of halogens is 1. The zero-order valence-electron chi connectivity index (χ0n) is 8.50. The number of hydrogen-bond acceptors (Lipinski definition) is 3. The molecule has 0 radical (unpaired) electrons. The van der Waals surface area contributed by atoms with Gasteiger partial charge in [0.1, 0.15) is 11.4 Å². The van der Waals surface area contributed by atoms with Crippen molar-refractivity contribution in [3.05, 3.63) is 28.8 Å². The Labute approximate surface area is 88.7 Å². The van der Waals surface area contributed by atoms with Crippen LogP contribution in [0.2, 0.25) is 5.02 Å². The van der Waals surface area contributed by atoms with Crippen LogP contribution in [-0.4, -0.2) is 7.11 Å². The molecule has 3 nitrogen and oxygen atoms in total. The van der Waals surface area contributed by atoms with Crippen LogP contribution in [0.1, 0.15) is 19.4 Å². The topological polar surface area (TPSA) is 44.5 Å². The summed E-state index contributed by atoms with van der Waals surface area (Å²) in [5.41, 5.74) is 0.214. The molecule has 0 aliphatic heterocycles. The third-order valence-corrected chi connectivity index (χ3v) is 2.34. The predicted octanol–water partition coefficient (Wildman–Crippen LogP) is 2.47. The van der Waals surface area contributed by atoms with Gasteiger partial charge in [-0.15, -0.1) is 0 Å². The second-order valence-electron chi connectivity index (χ2n) is 3.47. The van der Waals surface area contributed by atoms with Crippen molar-refractivity contribution in [2.24, 2.45) is 5.90 Å². The van der Waals surface area contributed by atoms with Crippen molar-refractivity contribution < 1.29 is 9.57 Å². The smallest absolute Gasteiger partial charge is 0.125 e. The first-order valence-corrected chi connectivity index (χ1v) is 4.61. The van der Waals surface area contributed by atoms with Crippen LogP contribution >= 0.6 is 11.6 Å². The number of nitrogens with two attached hydrogens (primary N) is 1. The molecule has 0 bridgehead atoms. The van der Waals surface area contributed by atoms with E-state index in [1.165, 1.54) is 0 Å². The first-order chi connectivity index (χ1) is 6.51. The highest BCUT2D eigenvalue weighted by Crippen LogP contribution is 2.33. The quantitative estimate of drug-likeness (QED) is 0.788. The minimum absolute atomic E-state index is 0.615. The Hall–Kier alpha value is -0.770. The van der Waals surface area contributed by atoms with Crippen molar-refractivity contribution in [2.75, 3.05) is 7.11 Å². The summed E-state index contributed by atoms with van der Waals surface area (Å²) < 4.78 is 5.19. The van der Waals surface area contributed by atoms with E-state index < -0.39 is 5.60 Å². The summed E-state index contributed by atoms with van der Waals surface area (Å²) in [4.78, 5) is 4.88. The highest BCUT2D eigenvalue weighted by molar-refractivity contribution is 6.30. The van der Waals surface area contributed by atoms with E-state index in [1.54, 1.807) is 25.3 Å². The Bertz CT molecular complexity index is 326. The lowest BCUT2D eigenvalue weighted by Gasteiger charge is -2.24. The lowest BCUT2D eigenvalue weighted by atomic mass is 9.97. The first kappa shape index (κ1) is 11.3. The van der Waals surface area contributed by atoms with E-state index in [4.69, 9.17) is 27.1 Å². The van der Waals surface area contributed by atoms with Crippen molar-refractivity contribution in [3.8, 4) is 5.75 Å². The Morgan fingerprint density at radius 1 is 1.36 bits per heavy atom. The summed E-state index contributed by atoms with van der Waals surface area (Å²) in [6, 6.07) is 5.34. The molecule has 0 saturated carbocycles. The maximum absolute atomic E-state index is 5.88. The van der Waals surface area contributed by atoms with Gasteiger partial charge in [-0.25, -0.2) is 5.90 Å². The molecule has 1 rings (SSSR count).